The average Bonchev–Trinajstić information content (AvgIpc) is 3.63. The maximum absolute atomic E-state index is 10.8. The van der Waals surface area contributed by atoms with Crippen molar-refractivity contribution in [2.75, 3.05) is 22.2 Å². The van der Waals surface area contributed by atoms with Crippen molar-refractivity contribution in [2.24, 2.45) is 5.92 Å². The van der Waals surface area contributed by atoms with Crippen molar-refractivity contribution in [3.05, 3.63) is 66.0 Å². The molecule has 0 saturated heterocycles. The lowest BCUT2D eigenvalue weighted by Crippen LogP contribution is -2.32. The van der Waals surface area contributed by atoms with Crippen LogP contribution in [0.1, 0.15) is 24.1 Å². The lowest BCUT2D eigenvalue weighted by molar-refractivity contribution is 0.480. The molecule has 0 spiro atoms. The number of rotatable bonds is 5. The molecule has 0 unspecified atom stereocenters. The molecule has 3 aromatic rings. The number of anilines is 2. The Morgan fingerprint density at radius 2 is 1.82 bits per heavy atom. The Morgan fingerprint density at radius 3 is 2.55 bits per heavy atom. The van der Waals surface area contributed by atoms with E-state index in [0.29, 0.717) is 40.8 Å². The molecule has 166 valence electrons. The molecule has 1 aliphatic carbocycles. The van der Waals surface area contributed by atoms with Crippen LogP contribution in [0.3, 0.4) is 0 Å². The summed E-state index contributed by atoms with van der Waals surface area (Å²) < 4.78 is 30.8. The first-order valence-corrected chi connectivity index (χ1v) is 11.9. The maximum Gasteiger partial charge on any atom is 0.144 e. The zero-order chi connectivity index (χ0) is 23.2. The predicted molar refractivity (Wildman–Crippen MR) is 127 cm³/mol. The Bertz CT molecular complexity index is 1330. The number of nitrogens with zero attached hydrogens (tertiary/aromatic N) is 5. The van der Waals surface area contributed by atoms with Gasteiger partial charge in [0, 0.05) is 31.4 Å². The lowest BCUT2D eigenvalue weighted by atomic mass is 9.99. The minimum atomic E-state index is -3.11. The summed E-state index contributed by atoms with van der Waals surface area (Å²) in [6.45, 7) is 0.614. The largest absolute Gasteiger partial charge is 0.457 e. The van der Waals surface area contributed by atoms with Crippen LogP contribution in [-0.4, -0.2) is 27.7 Å². The van der Waals surface area contributed by atoms with Gasteiger partial charge in [0.1, 0.15) is 23.3 Å². The summed E-state index contributed by atoms with van der Waals surface area (Å²) in [6, 6.07) is 18.2. The molecule has 5 rings (SSSR count). The first-order valence-electron chi connectivity index (χ1n) is 10.4. The van der Waals surface area contributed by atoms with Gasteiger partial charge in [-0.15, -0.1) is 0 Å². The third-order valence-corrected chi connectivity index (χ3v) is 7.74. The van der Waals surface area contributed by atoms with Crippen LogP contribution in [0.4, 0.5) is 11.4 Å². The molecule has 8 nitrogen and oxygen atoms in total. The molecule has 1 aliphatic heterocycles. The highest BCUT2D eigenvalue weighted by Crippen LogP contribution is 2.61. The van der Waals surface area contributed by atoms with Crippen LogP contribution in [0.25, 0.3) is 11.1 Å². The van der Waals surface area contributed by atoms with Crippen molar-refractivity contribution in [1.29, 1.82) is 10.5 Å². The summed E-state index contributed by atoms with van der Waals surface area (Å²) in [5.41, 5.74) is 3.63. The number of benzene rings is 2. The van der Waals surface area contributed by atoms with Crippen LogP contribution in [0, 0.1) is 28.6 Å². The number of ether oxygens (including phenoxy) is 1. The summed E-state index contributed by atoms with van der Waals surface area (Å²) in [5, 5.41) is 18.7. The smallest absolute Gasteiger partial charge is 0.144 e. The highest BCUT2D eigenvalue weighted by atomic mass is 32.3. The van der Waals surface area contributed by atoms with Crippen LogP contribution in [0.15, 0.2) is 54.7 Å². The Balaban J connectivity index is 1.52. The Morgan fingerprint density at radius 1 is 1.03 bits per heavy atom. The second-order valence-corrected chi connectivity index (χ2v) is 10.1. The van der Waals surface area contributed by atoms with Gasteiger partial charge in [-0.1, -0.05) is 6.07 Å². The van der Waals surface area contributed by atoms with E-state index in [1.807, 2.05) is 24.3 Å². The first-order chi connectivity index (χ1) is 15.9. The normalized spacial score (nSPS) is 17.1. The molecular formula is C24H21N5O3S. The highest BCUT2D eigenvalue weighted by Gasteiger charge is 2.41. The second-order valence-electron chi connectivity index (χ2n) is 8.11. The average molecular weight is 460 g/mol. The van der Waals surface area contributed by atoms with Crippen molar-refractivity contribution in [3.8, 4) is 34.8 Å². The Hall–Kier alpha value is -3.76. The second kappa shape index (κ2) is 7.98. The standard InChI is InChI=1S/C24H21N5O3S/c1-28-24-10-17(5-7-23(24)29(33(28,30)31)15-16-2-3-16)22-12-20(6-4-18(22)13-25)32-21-8-9-27-19(11-21)14-26/h4-12,16,30-31H,2-3,15H2,1H3. The van der Waals surface area contributed by atoms with Gasteiger partial charge in [-0.25, -0.2) is 4.98 Å². The van der Waals surface area contributed by atoms with Crippen LogP contribution >= 0.6 is 11.0 Å². The number of nitriles is 2. The zero-order valence-corrected chi connectivity index (χ0v) is 18.7. The molecule has 0 bridgehead atoms. The van der Waals surface area contributed by atoms with E-state index in [0.717, 1.165) is 24.1 Å². The molecule has 0 atom stereocenters. The quantitative estimate of drug-likeness (QED) is 0.511. The van der Waals surface area contributed by atoms with Gasteiger partial charge in [0.2, 0.25) is 0 Å². The summed E-state index contributed by atoms with van der Waals surface area (Å²) in [7, 11) is -1.43. The lowest BCUT2D eigenvalue weighted by Gasteiger charge is -2.42. The van der Waals surface area contributed by atoms with E-state index in [4.69, 9.17) is 10.00 Å². The van der Waals surface area contributed by atoms with Crippen molar-refractivity contribution in [1.82, 2.24) is 4.98 Å². The Labute approximate surface area is 193 Å². The number of hydrogen-bond donors (Lipinski definition) is 2. The third kappa shape index (κ3) is 3.83. The zero-order valence-electron chi connectivity index (χ0n) is 17.8. The molecule has 33 heavy (non-hydrogen) atoms. The molecule has 1 fully saturated rings. The Kier molecular flexibility index (Phi) is 5.10. The molecule has 2 aromatic carbocycles. The first kappa shape index (κ1) is 21.1. The van der Waals surface area contributed by atoms with Gasteiger partial charge in [-0.3, -0.25) is 17.7 Å². The van der Waals surface area contributed by atoms with Crippen LogP contribution in [0.5, 0.6) is 11.5 Å². The van der Waals surface area contributed by atoms with Gasteiger partial charge in [0.15, 0.2) is 0 Å². The minimum absolute atomic E-state index is 0.248. The SMILES string of the molecule is CN1c2cc(-c3cc(Oc4ccnc(C#N)c4)ccc3C#N)ccc2N(CC2CC2)S1(O)O. The third-order valence-electron chi connectivity index (χ3n) is 5.87. The fraction of sp³-hybridized carbons (Fsp3) is 0.208. The molecule has 0 amide bonds. The number of pyridine rings is 1. The van der Waals surface area contributed by atoms with Crippen LogP contribution in [0.2, 0.25) is 0 Å². The molecule has 2 aliphatic rings. The summed E-state index contributed by atoms with van der Waals surface area (Å²) in [6.07, 6.45) is 3.71. The van der Waals surface area contributed by atoms with E-state index in [1.165, 1.54) is 10.5 Å². The number of aromatic nitrogens is 1. The van der Waals surface area contributed by atoms with Crippen molar-refractivity contribution >= 4 is 22.3 Å². The summed E-state index contributed by atoms with van der Waals surface area (Å²) >= 11 is 0. The topological polar surface area (TPSA) is 117 Å². The number of fused-ring (bicyclic) bond motifs is 1. The van der Waals surface area contributed by atoms with E-state index in [1.54, 1.807) is 41.7 Å². The molecular weight excluding hydrogens is 438 g/mol. The van der Waals surface area contributed by atoms with Gasteiger partial charge >= 0.3 is 0 Å². The van der Waals surface area contributed by atoms with Gasteiger partial charge < -0.3 is 4.74 Å². The van der Waals surface area contributed by atoms with Gasteiger partial charge in [0.25, 0.3) is 0 Å². The summed E-state index contributed by atoms with van der Waals surface area (Å²) in [4.78, 5) is 3.94. The van der Waals surface area contributed by atoms with E-state index in [2.05, 4.69) is 11.1 Å². The molecule has 2 N–H and O–H groups in total. The fourth-order valence-electron chi connectivity index (χ4n) is 3.89. The summed E-state index contributed by atoms with van der Waals surface area (Å²) in [5.74, 6) is 1.46. The van der Waals surface area contributed by atoms with E-state index >= 15 is 0 Å². The molecule has 1 aromatic heterocycles. The van der Waals surface area contributed by atoms with Gasteiger partial charge in [-0.05, 0) is 71.7 Å². The minimum Gasteiger partial charge on any atom is -0.457 e. The highest BCUT2D eigenvalue weighted by molar-refractivity contribution is 8.26. The number of hydrogen-bond acceptors (Lipinski definition) is 8. The molecule has 2 heterocycles. The van der Waals surface area contributed by atoms with Crippen LogP contribution in [-0.2, 0) is 0 Å². The molecule has 9 heteroatoms. The van der Waals surface area contributed by atoms with Gasteiger partial charge in [-0.2, -0.15) is 10.5 Å². The van der Waals surface area contributed by atoms with Crippen molar-refractivity contribution in [3.63, 3.8) is 0 Å². The van der Waals surface area contributed by atoms with E-state index < -0.39 is 11.0 Å². The van der Waals surface area contributed by atoms with Crippen molar-refractivity contribution in [2.45, 2.75) is 12.8 Å². The molecule has 1 saturated carbocycles. The van der Waals surface area contributed by atoms with E-state index in [9.17, 15) is 14.4 Å². The van der Waals surface area contributed by atoms with Gasteiger partial charge in [0.05, 0.1) is 23.0 Å². The van der Waals surface area contributed by atoms with E-state index in [-0.39, 0.29) is 5.69 Å². The monoisotopic (exact) mass is 459 g/mol. The van der Waals surface area contributed by atoms with Crippen LogP contribution < -0.4 is 13.3 Å². The predicted octanol–water partition coefficient (Wildman–Crippen LogP) is 5.53. The maximum atomic E-state index is 10.8. The fourth-order valence-corrected chi connectivity index (χ4v) is 5.43. The van der Waals surface area contributed by atoms with Crippen molar-refractivity contribution < 1.29 is 13.8 Å². The molecule has 0 radical (unpaired) electrons.